The molecule has 1 aliphatic heterocycles. The summed E-state index contributed by atoms with van der Waals surface area (Å²) in [4.78, 5) is 30.7. The summed E-state index contributed by atoms with van der Waals surface area (Å²) in [6.45, 7) is 1.28. The third-order valence-corrected chi connectivity index (χ3v) is 3.90. The smallest absolute Gasteiger partial charge is 0.326 e. The predicted octanol–water partition coefficient (Wildman–Crippen LogP) is 1.55. The standard InChI is InChI=1S/C16H18F4N4O2/c1-21-14(26)12-10-11(3-5-22-12)23-6-8-24(9-7-23)13(25)2-4-16(19,20)15(17)18/h2-5,10,15H,6-9H2,1H3,(H,21,26). The molecule has 2 rings (SSSR count). The number of halogens is 4. The minimum absolute atomic E-state index is 0.0646. The molecule has 1 N–H and O–H groups in total. The van der Waals surface area contributed by atoms with Crippen LogP contribution in [0.25, 0.3) is 0 Å². The monoisotopic (exact) mass is 374 g/mol. The zero-order chi connectivity index (χ0) is 19.3. The molecule has 0 atom stereocenters. The first kappa shape index (κ1) is 19.7. The molecule has 0 radical (unpaired) electrons. The first-order chi connectivity index (χ1) is 12.2. The van der Waals surface area contributed by atoms with Crippen molar-refractivity contribution in [2.75, 3.05) is 38.1 Å². The van der Waals surface area contributed by atoms with Crippen LogP contribution in [0.2, 0.25) is 0 Å². The Kier molecular flexibility index (Phi) is 6.17. The Balaban J connectivity index is 1.96. The molecule has 2 amide bonds. The van der Waals surface area contributed by atoms with Crippen molar-refractivity contribution in [2.45, 2.75) is 12.3 Å². The third-order valence-electron chi connectivity index (χ3n) is 3.90. The predicted molar refractivity (Wildman–Crippen MR) is 86.5 cm³/mol. The van der Waals surface area contributed by atoms with Crippen molar-refractivity contribution in [1.82, 2.24) is 15.2 Å². The van der Waals surface area contributed by atoms with E-state index in [1.807, 2.05) is 4.90 Å². The second-order valence-electron chi connectivity index (χ2n) is 5.60. The van der Waals surface area contributed by atoms with Crippen molar-refractivity contribution in [3.8, 4) is 0 Å². The second kappa shape index (κ2) is 8.15. The van der Waals surface area contributed by atoms with Gasteiger partial charge in [-0.25, -0.2) is 8.78 Å². The highest BCUT2D eigenvalue weighted by atomic mass is 19.3. The molecule has 1 aliphatic rings. The van der Waals surface area contributed by atoms with E-state index in [-0.39, 0.29) is 30.8 Å². The quantitative estimate of drug-likeness (QED) is 0.627. The molecule has 0 saturated carbocycles. The molecule has 26 heavy (non-hydrogen) atoms. The fourth-order valence-electron chi connectivity index (χ4n) is 2.41. The van der Waals surface area contributed by atoms with Crippen LogP contribution in [0.3, 0.4) is 0 Å². The number of hydrogen-bond donors (Lipinski definition) is 1. The van der Waals surface area contributed by atoms with Gasteiger partial charge in [0.05, 0.1) is 0 Å². The van der Waals surface area contributed by atoms with Gasteiger partial charge in [-0.3, -0.25) is 14.6 Å². The Morgan fingerprint density at radius 1 is 1.27 bits per heavy atom. The van der Waals surface area contributed by atoms with E-state index in [2.05, 4.69) is 10.3 Å². The molecule has 1 aromatic heterocycles. The number of anilines is 1. The van der Waals surface area contributed by atoms with Crippen molar-refractivity contribution < 1.29 is 27.2 Å². The van der Waals surface area contributed by atoms with Gasteiger partial charge in [-0.1, -0.05) is 0 Å². The van der Waals surface area contributed by atoms with Crippen LogP contribution < -0.4 is 10.2 Å². The minimum Gasteiger partial charge on any atom is -0.368 e. The van der Waals surface area contributed by atoms with E-state index in [0.717, 1.165) is 5.69 Å². The Hall–Kier alpha value is -2.65. The molecular weight excluding hydrogens is 356 g/mol. The summed E-state index contributed by atoms with van der Waals surface area (Å²) in [6.07, 6.45) is -1.94. The van der Waals surface area contributed by atoms with Gasteiger partial charge in [0.2, 0.25) is 5.91 Å². The van der Waals surface area contributed by atoms with Gasteiger partial charge in [0, 0.05) is 51.2 Å². The van der Waals surface area contributed by atoms with Gasteiger partial charge in [-0.05, 0) is 18.2 Å². The SMILES string of the molecule is CNC(=O)c1cc(N2CCN(C(=O)C=CC(F)(F)C(F)F)CC2)ccn1. The first-order valence-corrected chi connectivity index (χ1v) is 7.82. The molecule has 0 bridgehead atoms. The Morgan fingerprint density at radius 3 is 2.50 bits per heavy atom. The number of allylic oxidation sites excluding steroid dienone is 1. The number of carbonyl (C=O) groups is 2. The van der Waals surface area contributed by atoms with Gasteiger partial charge < -0.3 is 15.1 Å². The van der Waals surface area contributed by atoms with Crippen LogP contribution in [0.5, 0.6) is 0 Å². The van der Waals surface area contributed by atoms with E-state index in [4.69, 9.17) is 0 Å². The van der Waals surface area contributed by atoms with Crippen molar-refractivity contribution in [1.29, 1.82) is 0 Å². The maximum atomic E-state index is 12.8. The van der Waals surface area contributed by atoms with Crippen LogP contribution in [-0.4, -0.2) is 67.3 Å². The molecule has 2 heterocycles. The van der Waals surface area contributed by atoms with Crippen LogP contribution >= 0.6 is 0 Å². The summed E-state index contributed by atoms with van der Waals surface area (Å²) in [6, 6.07) is 3.33. The fraction of sp³-hybridized carbons (Fsp3) is 0.438. The largest absolute Gasteiger partial charge is 0.368 e. The number of carbonyl (C=O) groups excluding carboxylic acids is 2. The van der Waals surface area contributed by atoms with Crippen LogP contribution in [0.15, 0.2) is 30.5 Å². The lowest BCUT2D eigenvalue weighted by Crippen LogP contribution is -2.48. The normalized spacial score (nSPS) is 15.6. The molecule has 0 unspecified atom stereocenters. The topological polar surface area (TPSA) is 65.5 Å². The van der Waals surface area contributed by atoms with E-state index in [0.29, 0.717) is 19.2 Å². The number of amides is 2. The molecule has 1 aromatic rings. The number of rotatable bonds is 5. The summed E-state index contributed by atoms with van der Waals surface area (Å²) >= 11 is 0. The van der Waals surface area contributed by atoms with Crippen LogP contribution in [0, 0.1) is 0 Å². The Bertz CT molecular complexity index is 689. The van der Waals surface area contributed by atoms with Crippen molar-refractivity contribution in [2.24, 2.45) is 0 Å². The van der Waals surface area contributed by atoms with E-state index in [1.54, 1.807) is 12.1 Å². The van der Waals surface area contributed by atoms with E-state index in [9.17, 15) is 27.2 Å². The lowest BCUT2D eigenvalue weighted by molar-refractivity contribution is -0.126. The van der Waals surface area contributed by atoms with E-state index >= 15 is 0 Å². The average Bonchev–Trinajstić information content (AvgIpc) is 2.65. The number of aromatic nitrogens is 1. The van der Waals surface area contributed by atoms with Gasteiger partial charge in [0.15, 0.2) is 0 Å². The number of alkyl halides is 4. The number of piperazine rings is 1. The molecule has 6 nitrogen and oxygen atoms in total. The zero-order valence-electron chi connectivity index (χ0n) is 14.0. The highest BCUT2D eigenvalue weighted by Crippen LogP contribution is 2.24. The molecule has 0 spiro atoms. The third kappa shape index (κ3) is 4.70. The average molecular weight is 374 g/mol. The molecular formula is C16H18F4N4O2. The molecule has 1 fully saturated rings. The fourth-order valence-corrected chi connectivity index (χ4v) is 2.41. The summed E-state index contributed by atoms with van der Waals surface area (Å²) in [5.41, 5.74) is 0.992. The number of nitrogens with one attached hydrogen (secondary N) is 1. The summed E-state index contributed by atoms with van der Waals surface area (Å²) in [5, 5.41) is 2.47. The first-order valence-electron chi connectivity index (χ1n) is 7.82. The lowest BCUT2D eigenvalue weighted by Gasteiger charge is -2.35. The molecule has 0 aromatic carbocycles. The van der Waals surface area contributed by atoms with E-state index < -0.39 is 18.3 Å². The maximum absolute atomic E-state index is 12.8. The Labute approximate surface area is 147 Å². The highest BCUT2D eigenvalue weighted by Gasteiger charge is 2.38. The minimum atomic E-state index is -4.33. The maximum Gasteiger partial charge on any atom is 0.326 e. The van der Waals surface area contributed by atoms with Gasteiger partial charge >= 0.3 is 12.3 Å². The zero-order valence-corrected chi connectivity index (χ0v) is 14.0. The number of nitrogens with zero attached hydrogens (tertiary/aromatic N) is 3. The summed E-state index contributed by atoms with van der Waals surface area (Å²) in [5.74, 6) is -5.40. The molecule has 0 aliphatic carbocycles. The van der Waals surface area contributed by atoms with Crippen LogP contribution in [0.1, 0.15) is 10.5 Å². The van der Waals surface area contributed by atoms with E-state index in [1.165, 1.54) is 18.1 Å². The van der Waals surface area contributed by atoms with Crippen molar-refractivity contribution in [3.05, 3.63) is 36.2 Å². The van der Waals surface area contributed by atoms with Crippen molar-refractivity contribution >= 4 is 17.5 Å². The lowest BCUT2D eigenvalue weighted by atomic mass is 10.2. The highest BCUT2D eigenvalue weighted by molar-refractivity contribution is 5.93. The second-order valence-corrected chi connectivity index (χ2v) is 5.60. The van der Waals surface area contributed by atoms with Gasteiger partial charge in [0.25, 0.3) is 5.91 Å². The van der Waals surface area contributed by atoms with Gasteiger partial charge in [-0.15, -0.1) is 0 Å². The van der Waals surface area contributed by atoms with Gasteiger partial charge in [0.1, 0.15) is 5.69 Å². The summed E-state index contributed by atoms with van der Waals surface area (Å²) in [7, 11) is 1.49. The number of hydrogen-bond acceptors (Lipinski definition) is 4. The number of pyridine rings is 1. The Morgan fingerprint density at radius 2 is 1.92 bits per heavy atom. The molecule has 142 valence electrons. The molecule has 1 saturated heterocycles. The van der Waals surface area contributed by atoms with Crippen LogP contribution in [0.4, 0.5) is 23.2 Å². The van der Waals surface area contributed by atoms with Crippen molar-refractivity contribution in [3.63, 3.8) is 0 Å². The molecule has 10 heteroatoms. The summed E-state index contributed by atoms with van der Waals surface area (Å²) < 4.78 is 49.9. The van der Waals surface area contributed by atoms with Crippen LogP contribution in [-0.2, 0) is 4.79 Å². The van der Waals surface area contributed by atoms with Gasteiger partial charge in [-0.2, -0.15) is 8.78 Å².